The van der Waals surface area contributed by atoms with Crippen molar-refractivity contribution in [2.45, 2.75) is 6.04 Å². The van der Waals surface area contributed by atoms with Gasteiger partial charge in [0.1, 0.15) is 0 Å². The first-order valence-corrected chi connectivity index (χ1v) is 3.97. The summed E-state index contributed by atoms with van der Waals surface area (Å²) in [4.78, 5) is 9.97. The van der Waals surface area contributed by atoms with Crippen molar-refractivity contribution in [3.8, 4) is 0 Å². The molecular weight excluding hydrogens is 138 g/mol. The minimum atomic E-state index is -0.771. The van der Waals surface area contributed by atoms with E-state index < -0.39 is 5.97 Å². The van der Waals surface area contributed by atoms with Crippen LogP contribution in [0.1, 0.15) is 0 Å². The van der Waals surface area contributed by atoms with Gasteiger partial charge in [-0.1, -0.05) is 0 Å². The van der Waals surface area contributed by atoms with Crippen LogP contribution < -0.4 is 5.32 Å². The average molecular weight is 147 g/mol. The summed E-state index contributed by atoms with van der Waals surface area (Å²) in [5.41, 5.74) is 0. The van der Waals surface area contributed by atoms with E-state index in [0.29, 0.717) is 6.04 Å². The van der Waals surface area contributed by atoms with Crippen molar-refractivity contribution in [2.75, 3.05) is 18.1 Å². The lowest BCUT2D eigenvalue weighted by Crippen LogP contribution is -2.42. The predicted octanol–water partition coefficient (Wildman–Crippen LogP) is -0.224. The van der Waals surface area contributed by atoms with E-state index in [1.54, 1.807) is 0 Å². The fraction of sp³-hybridized carbons (Fsp3) is 0.800. The molecule has 1 saturated heterocycles. The molecule has 0 unspecified atom stereocenters. The van der Waals surface area contributed by atoms with Gasteiger partial charge in [-0.25, -0.2) is 0 Å². The van der Waals surface area contributed by atoms with Crippen LogP contribution in [0, 0.1) is 0 Å². The van der Waals surface area contributed by atoms with Crippen LogP contribution in [0.25, 0.3) is 0 Å². The van der Waals surface area contributed by atoms with Crippen molar-refractivity contribution < 1.29 is 9.90 Å². The molecule has 4 heteroatoms. The summed E-state index contributed by atoms with van der Waals surface area (Å²) in [7, 11) is 0. The van der Waals surface area contributed by atoms with E-state index in [-0.39, 0.29) is 6.54 Å². The van der Waals surface area contributed by atoms with Gasteiger partial charge in [0.25, 0.3) is 0 Å². The highest BCUT2D eigenvalue weighted by atomic mass is 32.2. The average Bonchev–Trinajstić information content (AvgIpc) is 1.60. The molecule has 1 heterocycles. The number of thioether (sulfide) groups is 1. The molecular formula is C5H9NO2S. The quantitative estimate of drug-likeness (QED) is 0.579. The molecule has 52 valence electrons. The van der Waals surface area contributed by atoms with Gasteiger partial charge in [0, 0.05) is 17.5 Å². The number of carbonyl (C=O) groups is 1. The van der Waals surface area contributed by atoms with Crippen LogP contribution in [-0.2, 0) is 4.79 Å². The van der Waals surface area contributed by atoms with Gasteiger partial charge in [-0.15, -0.1) is 0 Å². The molecule has 3 nitrogen and oxygen atoms in total. The Balaban J connectivity index is 1.97. The highest BCUT2D eigenvalue weighted by molar-refractivity contribution is 8.00. The molecule has 2 N–H and O–H groups in total. The summed E-state index contributed by atoms with van der Waals surface area (Å²) >= 11 is 1.84. The predicted molar refractivity (Wildman–Crippen MR) is 36.8 cm³/mol. The van der Waals surface area contributed by atoms with Crippen molar-refractivity contribution in [3.63, 3.8) is 0 Å². The van der Waals surface area contributed by atoms with E-state index >= 15 is 0 Å². The number of aliphatic carboxylic acids is 1. The lowest BCUT2D eigenvalue weighted by atomic mass is 10.4. The molecule has 1 fully saturated rings. The van der Waals surface area contributed by atoms with Gasteiger partial charge >= 0.3 is 5.97 Å². The van der Waals surface area contributed by atoms with E-state index in [4.69, 9.17) is 5.11 Å². The SMILES string of the molecule is O=C(O)CNC1CSC1. The second kappa shape index (κ2) is 3.08. The lowest BCUT2D eigenvalue weighted by Gasteiger charge is -2.24. The van der Waals surface area contributed by atoms with Crippen LogP contribution in [0.3, 0.4) is 0 Å². The molecule has 0 aliphatic carbocycles. The molecule has 0 atom stereocenters. The minimum absolute atomic E-state index is 0.102. The van der Waals surface area contributed by atoms with E-state index in [9.17, 15) is 4.79 Å². The maximum absolute atomic E-state index is 9.97. The zero-order chi connectivity index (χ0) is 6.69. The van der Waals surface area contributed by atoms with Crippen LogP contribution >= 0.6 is 11.8 Å². The van der Waals surface area contributed by atoms with Crippen molar-refractivity contribution >= 4 is 17.7 Å². The Morgan fingerprint density at radius 2 is 2.44 bits per heavy atom. The molecule has 0 spiro atoms. The van der Waals surface area contributed by atoms with E-state index in [0.717, 1.165) is 11.5 Å². The van der Waals surface area contributed by atoms with Crippen molar-refractivity contribution in [1.82, 2.24) is 5.32 Å². The molecule has 9 heavy (non-hydrogen) atoms. The van der Waals surface area contributed by atoms with E-state index in [1.165, 1.54) is 0 Å². The molecule has 1 aliphatic rings. The normalized spacial score (nSPS) is 19.1. The summed E-state index contributed by atoms with van der Waals surface area (Å²) in [6, 6.07) is 0.450. The second-order valence-electron chi connectivity index (χ2n) is 2.01. The molecule has 0 radical (unpaired) electrons. The molecule has 0 aromatic rings. The molecule has 1 rings (SSSR count). The Kier molecular flexibility index (Phi) is 2.36. The van der Waals surface area contributed by atoms with Gasteiger partial charge < -0.3 is 10.4 Å². The third-order valence-electron chi connectivity index (χ3n) is 1.18. The van der Waals surface area contributed by atoms with E-state index in [2.05, 4.69) is 5.32 Å². The third kappa shape index (κ3) is 2.24. The fourth-order valence-corrected chi connectivity index (χ4v) is 1.29. The number of hydrogen-bond acceptors (Lipinski definition) is 3. The van der Waals surface area contributed by atoms with Crippen LogP contribution in [-0.4, -0.2) is 35.2 Å². The Morgan fingerprint density at radius 1 is 1.78 bits per heavy atom. The lowest BCUT2D eigenvalue weighted by molar-refractivity contribution is -0.136. The summed E-state index contributed by atoms with van der Waals surface area (Å²) in [5.74, 6) is 1.35. The zero-order valence-corrected chi connectivity index (χ0v) is 5.78. The van der Waals surface area contributed by atoms with Gasteiger partial charge in [-0.05, 0) is 0 Å². The maximum atomic E-state index is 9.97. The topological polar surface area (TPSA) is 49.3 Å². The van der Waals surface area contributed by atoms with Gasteiger partial charge in [-0.3, -0.25) is 4.79 Å². The Hall–Kier alpha value is -0.220. The first kappa shape index (κ1) is 6.89. The number of hydrogen-bond donors (Lipinski definition) is 2. The van der Waals surface area contributed by atoms with Gasteiger partial charge in [0.15, 0.2) is 0 Å². The molecule has 1 aliphatic heterocycles. The Labute approximate surface area is 57.8 Å². The largest absolute Gasteiger partial charge is 0.480 e. The molecule has 0 amide bonds. The number of carboxylic acid groups (broad SMARTS) is 1. The molecule has 0 saturated carbocycles. The Bertz CT molecular complexity index is 114. The maximum Gasteiger partial charge on any atom is 0.317 e. The second-order valence-corrected chi connectivity index (χ2v) is 3.08. The Morgan fingerprint density at radius 3 is 2.78 bits per heavy atom. The zero-order valence-electron chi connectivity index (χ0n) is 4.96. The number of carboxylic acids is 1. The van der Waals surface area contributed by atoms with Gasteiger partial charge in [0.2, 0.25) is 0 Å². The summed E-state index contributed by atoms with van der Waals surface area (Å²) < 4.78 is 0. The molecule has 0 aromatic carbocycles. The van der Waals surface area contributed by atoms with E-state index in [1.807, 2.05) is 11.8 Å². The summed E-state index contributed by atoms with van der Waals surface area (Å²) in [6.45, 7) is 0.102. The van der Waals surface area contributed by atoms with Crippen LogP contribution in [0.5, 0.6) is 0 Å². The fourth-order valence-electron chi connectivity index (χ4n) is 0.585. The number of nitrogens with one attached hydrogen (secondary N) is 1. The van der Waals surface area contributed by atoms with Crippen molar-refractivity contribution in [2.24, 2.45) is 0 Å². The highest BCUT2D eigenvalue weighted by Crippen LogP contribution is 2.16. The number of rotatable bonds is 3. The van der Waals surface area contributed by atoms with Crippen LogP contribution in [0.2, 0.25) is 0 Å². The monoisotopic (exact) mass is 147 g/mol. The van der Waals surface area contributed by atoms with Crippen molar-refractivity contribution in [1.29, 1.82) is 0 Å². The smallest absolute Gasteiger partial charge is 0.317 e. The van der Waals surface area contributed by atoms with Crippen molar-refractivity contribution in [3.05, 3.63) is 0 Å². The molecule has 0 aromatic heterocycles. The summed E-state index contributed by atoms with van der Waals surface area (Å²) in [6.07, 6.45) is 0. The summed E-state index contributed by atoms with van der Waals surface area (Å²) in [5, 5.41) is 11.1. The van der Waals surface area contributed by atoms with Gasteiger partial charge in [-0.2, -0.15) is 11.8 Å². The van der Waals surface area contributed by atoms with Gasteiger partial charge in [0.05, 0.1) is 6.54 Å². The first-order valence-electron chi connectivity index (χ1n) is 2.82. The minimum Gasteiger partial charge on any atom is -0.480 e. The van der Waals surface area contributed by atoms with Crippen LogP contribution in [0.15, 0.2) is 0 Å². The molecule has 0 bridgehead atoms. The standard InChI is InChI=1S/C5H9NO2S/c7-5(8)1-6-4-2-9-3-4/h4,6H,1-3H2,(H,7,8). The third-order valence-corrected chi connectivity index (χ3v) is 2.46. The highest BCUT2D eigenvalue weighted by Gasteiger charge is 2.17. The van der Waals surface area contributed by atoms with Crippen LogP contribution in [0.4, 0.5) is 0 Å². The first-order chi connectivity index (χ1) is 4.29.